The minimum atomic E-state index is -0.616. The fourth-order valence-corrected chi connectivity index (χ4v) is 3.05. The highest BCUT2D eigenvalue weighted by molar-refractivity contribution is 6.31. The standard InChI is InChI=1S/C22H26Cl2N2O2/c1-15(2)13-25-22(28)16(3)26(14-18-6-4-5-7-20(18)24)21(27)12-17-8-10-19(23)11-9-17/h4-11,15-16H,12-14H2,1-3H3,(H,25,28). The van der Waals surface area contributed by atoms with Crippen molar-refractivity contribution in [1.82, 2.24) is 10.2 Å². The van der Waals surface area contributed by atoms with Gasteiger partial charge in [0.1, 0.15) is 6.04 Å². The van der Waals surface area contributed by atoms with Crippen molar-refractivity contribution in [2.45, 2.75) is 39.8 Å². The normalized spacial score (nSPS) is 11.9. The first-order chi connectivity index (χ1) is 13.3. The van der Waals surface area contributed by atoms with E-state index in [0.717, 1.165) is 11.1 Å². The molecule has 0 bridgehead atoms. The van der Waals surface area contributed by atoms with Gasteiger partial charge in [0, 0.05) is 23.1 Å². The number of benzene rings is 2. The number of carbonyl (C=O) groups is 2. The van der Waals surface area contributed by atoms with E-state index in [1.165, 1.54) is 0 Å². The number of halogens is 2. The lowest BCUT2D eigenvalue weighted by Crippen LogP contribution is -2.48. The van der Waals surface area contributed by atoms with E-state index in [-0.39, 0.29) is 24.8 Å². The Morgan fingerprint density at radius 3 is 2.25 bits per heavy atom. The molecule has 4 nitrogen and oxygen atoms in total. The highest BCUT2D eigenvalue weighted by Gasteiger charge is 2.26. The molecule has 0 saturated heterocycles. The van der Waals surface area contributed by atoms with Crippen LogP contribution in [-0.4, -0.2) is 29.3 Å². The van der Waals surface area contributed by atoms with E-state index in [0.29, 0.717) is 22.5 Å². The van der Waals surface area contributed by atoms with Crippen LogP contribution in [0.25, 0.3) is 0 Å². The largest absolute Gasteiger partial charge is 0.354 e. The predicted molar refractivity (Wildman–Crippen MR) is 114 cm³/mol. The summed E-state index contributed by atoms with van der Waals surface area (Å²) >= 11 is 12.2. The van der Waals surface area contributed by atoms with E-state index in [4.69, 9.17) is 23.2 Å². The van der Waals surface area contributed by atoms with Crippen LogP contribution in [0.1, 0.15) is 31.9 Å². The summed E-state index contributed by atoms with van der Waals surface area (Å²) in [6.07, 6.45) is 0.184. The second kappa shape index (κ2) is 10.5. The zero-order chi connectivity index (χ0) is 20.7. The van der Waals surface area contributed by atoms with Crippen LogP contribution in [0, 0.1) is 5.92 Å². The van der Waals surface area contributed by atoms with Crippen molar-refractivity contribution in [3.63, 3.8) is 0 Å². The SMILES string of the molecule is CC(C)CNC(=O)C(C)N(Cc1ccccc1Cl)C(=O)Cc1ccc(Cl)cc1. The number of carbonyl (C=O) groups excluding carboxylic acids is 2. The third-order valence-electron chi connectivity index (χ3n) is 4.42. The van der Waals surface area contributed by atoms with Gasteiger partial charge < -0.3 is 10.2 Å². The lowest BCUT2D eigenvalue weighted by molar-refractivity contribution is -0.140. The number of nitrogens with zero attached hydrogens (tertiary/aromatic N) is 1. The Kier molecular flexibility index (Phi) is 8.34. The molecule has 0 spiro atoms. The fraction of sp³-hybridized carbons (Fsp3) is 0.364. The molecule has 2 rings (SSSR count). The van der Waals surface area contributed by atoms with Gasteiger partial charge in [-0.1, -0.05) is 67.4 Å². The van der Waals surface area contributed by atoms with Gasteiger partial charge >= 0.3 is 0 Å². The van der Waals surface area contributed by atoms with Gasteiger partial charge in [-0.15, -0.1) is 0 Å². The summed E-state index contributed by atoms with van der Waals surface area (Å²) in [6.45, 7) is 6.62. The summed E-state index contributed by atoms with van der Waals surface area (Å²) in [5.74, 6) is 0.0117. The van der Waals surface area contributed by atoms with E-state index in [1.807, 2.05) is 44.2 Å². The molecule has 0 saturated carbocycles. The second-order valence-electron chi connectivity index (χ2n) is 7.23. The predicted octanol–water partition coefficient (Wildman–Crippen LogP) is 4.73. The fourth-order valence-electron chi connectivity index (χ4n) is 2.72. The average Bonchev–Trinajstić information content (AvgIpc) is 2.66. The molecular weight excluding hydrogens is 395 g/mol. The van der Waals surface area contributed by atoms with Gasteiger partial charge in [-0.25, -0.2) is 0 Å². The Bertz CT molecular complexity index is 806. The summed E-state index contributed by atoms with van der Waals surface area (Å²) in [6, 6.07) is 13.9. The zero-order valence-electron chi connectivity index (χ0n) is 16.4. The summed E-state index contributed by atoms with van der Waals surface area (Å²) in [5.41, 5.74) is 1.64. The lowest BCUT2D eigenvalue weighted by atomic mass is 10.1. The van der Waals surface area contributed by atoms with Crippen molar-refractivity contribution in [3.8, 4) is 0 Å². The van der Waals surface area contributed by atoms with E-state index in [9.17, 15) is 9.59 Å². The third-order valence-corrected chi connectivity index (χ3v) is 5.04. The Morgan fingerprint density at radius 2 is 1.64 bits per heavy atom. The highest BCUT2D eigenvalue weighted by Crippen LogP contribution is 2.20. The minimum absolute atomic E-state index is 0.144. The van der Waals surface area contributed by atoms with Crippen molar-refractivity contribution in [3.05, 3.63) is 69.7 Å². The van der Waals surface area contributed by atoms with Gasteiger partial charge in [0.2, 0.25) is 11.8 Å². The average molecular weight is 421 g/mol. The smallest absolute Gasteiger partial charge is 0.242 e. The summed E-state index contributed by atoms with van der Waals surface area (Å²) in [5, 5.41) is 4.09. The maximum Gasteiger partial charge on any atom is 0.242 e. The minimum Gasteiger partial charge on any atom is -0.354 e. The first-order valence-corrected chi connectivity index (χ1v) is 10.1. The van der Waals surface area contributed by atoms with E-state index >= 15 is 0 Å². The van der Waals surface area contributed by atoms with Crippen LogP contribution >= 0.6 is 23.2 Å². The Labute approximate surface area is 176 Å². The number of rotatable bonds is 8. The molecule has 0 aromatic heterocycles. The van der Waals surface area contributed by atoms with Gasteiger partial charge in [0.25, 0.3) is 0 Å². The summed E-state index contributed by atoms with van der Waals surface area (Å²) < 4.78 is 0. The number of hydrogen-bond donors (Lipinski definition) is 1. The Hall–Kier alpha value is -2.04. The summed E-state index contributed by atoms with van der Waals surface area (Å²) in [7, 11) is 0. The highest BCUT2D eigenvalue weighted by atomic mass is 35.5. The van der Waals surface area contributed by atoms with Crippen molar-refractivity contribution in [2.75, 3.05) is 6.54 Å². The molecule has 150 valence electrons. The monoisotopic (exact) mass is 420 g/mol. The van der Waals surface area contributed by atoms with Gasteiger partial charge in [0.05, 0.1) is 6.42 Å². The van der Waals surface area contributed by atoms with Gasteiger partial charge in [-0.2, -0.15) is 0 Å². The van der Waals surface area contributed by atoms with Gasteiger partial charge in [-0.3, -0.25) is 9.59 Å². The maximum atomic E-state index is 13.1. The molecule has 28 heavy (non-hydrogen) atoms. The number of nitrogens with one attached hydrogen (secondary N) is 1. The first kappa shape index (κ1) is 22.3. The second-order valence-corrected chi connectivity index (χ2v) is 8.07. The van der Waals surface area contributed by atoms with E-state index in [1.54, 1.807) is 30.0 Å². The number of amides is 2. The zero-order valence-corrected chi connectivity index (χ0v) is 17.9. The quantitative estimate of drug-likeness (QED) is 0.670. The summed E-state index contributed by atoms with van der Waals surface area (Å²) in [4.78, 5) is 27.3. The van der Waals surface area contributed by atoms with Crippen molar-refractivity contribution < 1.29 is 9.59 Å². The lowest BCUT2D eigenvalue weighted by Gasteiger charge is -2.29. The molecule has 0 heterocycles. The van der Waals surface area contributed by atoms with Gasteiger partial charge in [0.15, 0.2) is 0 Å². The molecule has 0 aliphatic rings. The molecular formula is C22H26Cl2N2O2. The van der Waals surface area contributed by atoms with Crippen LogP contribution < -0.4 is 5.32 Å². The molecule has 1 N–H and O–H groups in total. The molecule has 2 aromatic rings. The van der Waals surface area contributed by atoms with Gasteiger partial charge in [-0.05, 0) is 42.2 Å². The van der Waals surface area contributed by atoms with Crippen LogP contribution in [0.2, 0.25) is 10.0 Å². The molecule has 0 aliphatic carbocycles. The molecule has 6 heteroatoms. The van der Waals surface area contributed by atoms with Crippen molar-refractivity contribution in [2.24, 2.45) is 5.92 Å². The van der Waals surface area contributed by atoms with Crippen LogP contribution in [-0.2, 0) is 22.6 Å². The van der Waals surface area contributed by atoms with Crippen molar-refractivity contribution in [1.29, 1.82) is 0 Å². The first-order valence-electron chi connectivity index (χ1n) is 9.33. The van der Waals surface area contributed by atoms with Crippen LogP contribution in [0.15, 0.2) is 48.5 Å². The van der Waals surface area contributed by atoms with Crippen LogP contribution in [0.3, 0.4) is 0 Å². The van der Waals surface area contributed by atoms with E-state index in [2.05, 4.69) is 5.32 Å². The van der Waals surface area contributed by atoms with E-state index < -0.39 is 6.04 Å². The van der Waals surface area contributed by atoms with Crippen LogP contribution in [0.4, 0.5) is 0 Å². The Balaban J connectivity index is 2.21. The van der Waals surface area contributed by atoms with Crippen LogP contribution in [0.5, 0.6) is 0 Å². The molecule has 2 aromatic carbocycles. The molecule has 0 aliphatic heterocycles. The maximum absolute atomic E-state index is 13.1. The molecule has 0 fully saturated rings. The molecule has 2 amide bonds. The Morgan fingerprint density at radius 1 is 1.00 bits per heavy atom. The number of hydrogen-bond acceptors (Lipinski definition) is 2. The molecule has 1 atom stereocenters. The molecule has 1 unspecified atom stereocenters. The third kappa shape index (κ3) is 6.54. The molecule has 0 radical (unpaired) electrons. The van der Waals surface area contributed by atoms with Crippen molar-refractivity contribution >= 4 is 35.0 Å². The topological polar surface area (TPSA) is 49.4 Å².